The normalized spacial score (nSPS) is 24.3. The smallest absolute Gasteiger partial charge is 0.309 e. The van der Waals surface area contributed by atoms with Crippen LogP contribution in [0, 0.1) is 23.7 Å². The molecule has 4 heteroatoms. The second kappa shape index (κ2) is 12.3. The van der Waals surface area contributed by atoms with Crippen molar-refractivity contribution in [2.45, 2.75) is 98.5 Å². The molecule has 4 atom stereocenters. The SMILES string of the molecule is CCCCCC(CCC(=O)OCC)OC(=O)C1CC(C)CCC1C(C)C. The second-order valence-corrected chi connectivity index (χ2v) is 8.33. The Morgan fingerprint density at radius 3 is 2.42 bits per heavy atom. The van der Waals surface area contributed by atoms with Crippen LogP contribution in [0.3, 0.4) is 0 Å². The Hall–Kier alpha value is -1.06. The van der Waals surface area contributed by atoms with E-state index < -0.39 is 0 Å². The highest BCUT2D eigenvalue weighted by Crippen LogP contribution is 2.39. The number of carbonyl (C=O) groups excluding carboxylic acids is 2. The maximum atomic E-state index is 12.9. The fourth-order valence-corrected chi connectivity index (χ4v) is 4.12. The first-order valence-electron chi connectivity index (χ1n) is 10.7. The number of ether oxygens (including phenoxy) is 2. The highest BCUT2D eigenvalue weighted by atomic mass is 16.5. The van der Waals surface area contributed by atoms with Crippen molar-refractivity contribution in [2.75, 3.05) is 6.61 Å². The average molecular weight is 369 g/mol. The molecule has 0 aromatic carbocycles. The van der Waals surface area contributed by atoms with Crippen LogP contribution in [0.1, 0.15) is 92.4 Å². The van der Waals surface area contributed by atoms with Crippen LogP contribution in [0.2, 0.25) is 0 Å². The molecule has 0 amide bonds. The molecule has 0 aromatic heterocycles. The quantitative estimate of drug-likeness (QED) is 0.355. The molecule has 1 aliphatic carbocycles. The Morgan fingerprint density at radius 1 is 1.08 bits per heavy atom. The summed E-state index contributed by atoms with van der Waals surface area (Å²) in [6, 6.07) is 0. The van der Waals surface area contributed by atoms with Gasteiger partial charge in [0.25, 0.3) is 0 Å². The first-order chi connectivity index (χ1) is 12.4. The molecule has 4 unspecified atom stereocenters. The molecule has 1 saturated carbocycles. The van der Waals surface area contributed by atoms with Gasteiger partial charge in [0.15, 0.2) is 0 Å². The van der Waals surface area contributed by atoms with Crippen molar-refractivity contribution in [1.29, 1.82) is 0 Å². The predicted molar refractivity (Wildman–Crippen MR) is 105 cm³/mol. The lowest BCUT2D eigenvalue weighted by Gasteiger charge is -2.36. The van der Waals surface area contributed by atoms with Crippen molar-refractivity contribution >= 4 is 11.9 Å². The monoisotopic (exact) mass is 368 g/mol. The zero-order chi connectivity index (χ0) is 19.5. The topological polar surface area (TPSA) is 52.6 Å². The van der Waals surface area contributed by atoms with Crippen LogP contribution >= 0.6 is 0 Å². The molecule has 0 spiro atoms. The zero-order valence-corrected chi connectivity index (χ0v) is 17.6. The minimum atomic E-state index is -0.199. The van der Waals surface area contributed by atoms with E-state index in [9.17, 15) is 9.59 Å². The minimum absolute atomic E-state index is 0.00928. The van der Waals surface area contributed by atoms with Gasteiger partial charge in [0, 0.05) is 6.42 Å². The van der Waals surface area contributed by atoms with Crippen molar-refractivity contribution < 1.29 is 19.1 Å². The summed E-state index contributed by atoms with van der Waals surface area (Å²) >= 11 is 0. The third-order valence-electron chi connectivity index (χ3n) is 5.71. The largest absolute Gasteiger partial charge is 0.466 e. The standard InChI is InChI=1S/C22H40O4/c1-6-8-9-10-18(12-14-21(23)25-7-2)26-22(24)20-15-17(5)11-13-19(20)16(3)4/h16-20H,6-15H2,1-5H3. The van der Waals surface area contributed by atoms with Crippen molar-refractivity contribution in [2.24, 2.45) is 23.7 Å². The van der Waals surface area contributed by atoms with E-state index in [0.717, 1.165) is 38.5 Å². The summed E-state index contributed by atoms with van der Waals surface area (Å²) < 4.78 is 11.0. The van der Waals surface area contributed by atoms with E-state index in [0.29, 0.717) is 37.2 Å². The van der Waals surface area contributed by atoms with Crippen molar-refractivity contribution in [3.63, 3.8) is 0 Å². The average Bonchev–Trinajstić information content (AvgIpc) is 2.59. The van der Waals surface area contributed by atoms with Crippen molar-refractivity contribution in [3.05, 3.63) is 0 Å². The number of hydrogen-bond donors (Lipinski definition) is 0. The van der Waals surface area contributed by atoms with Gasteiger partial charge >= 0.3 is 11.9 Å². The summed E-state index contributed by atoms with van der Waals surface area (Å²) in [5.74, 6) is 1.27. The molecule has 1 fully saturated rings. The molecular formula is C22H40O4. The molecule has 4 nitrogen and oxygen atoms in total. The molecule has 0 aromatic rings. The Kier molecular flexibility index (Phi) is 10.9. The van der Waals surface area contributed by atoms with E-state index in [-0.39, 0.29) is 24.0 Å². The summed E-state index contributed by atoms with van der Waals surface area (Å²) in [5.41, 5.74) is 0. The zero-order valence-electron chi connectivity index (χ0n) is 17.6. The lowest BCUT2D eigenvalue weighted by atomic mass is 9.70. The third kappa shape index (κ3) is 8.09. The number of carbonyl (C=O) groups is 2. The highest BCUT2D eigenvalue weighted by Gasteiger charge is 2.37. The van der Waals surface area contributed by atoms with Gasteiger partial charge in [-0.15, -0.1) is 0 Å². The first kappa shape index (κ1) is 23.0. The molecule has 0 aliphatic heterocycles. The Balaban J connectivity index is 2.66. The summed E-state index contributed by atoms with van der Waals surface area (Å²) in [6.45, 7) is 11.0. The van der Waals surface area contributed by atoms with E-state index in [2.05, 4.69) is 27.7 Å². The Labute approximate surface area is 160 Å². The van der Waals surface area contributed by atoms with Crippen molar-refractivity contribution in [1.82, 2.24) is 0 Å². The van der Waals surface area contributed by atoms with Gasteiger partial charge < -0.3 is 9.47 Å². The molecular weight excluding hydrogens is 328 g/mol. The second-order valence-electron chi connectivity index (χ2n) is 8.33. The van der Waals surface area contributed by atoms with Gasteiger partial charge in [0.05, 0.1) is 12.5 Å². The summed E-state index contributed by atoms with van der Waals surface area (Å²) in [6.07, 6.45) is 8.12. The molecule has 0 heterocycles. The van der Waals surface area contributed by atoms with Gasteiger partial charge in [-0.3, -0.25) is 9.59 Å². The first-order valence-corrected chi connectivity index (χ1v) is 10.7. The molecule has 152 valence electrons. The Morgan fingerprint density at radius 2 is 1.81 bits per heavy atom. The van der Waals surface area contributed by atoms with Crippen LogP contribution in [0.4, 0.5) is 0 Å². The number of rotatable bonds is 11. The number of esters is 2. The van der Waals surface area contributed by atoms with Gasteiger partial charge in [-0.1, -0.05) is 47.0 Å². The maximum absolute atomic E-state index is 12.9. The van der Waals surface area contributed by atoms with Gasteiger partial charge in [0.2, 0.25) is 0 Å². The molecule has 0 radical (unpaired) electrons. The molecule has 1 aliphatic rings. The van der Waals surface area contributed by atoms with E-state index >= 15 is 0 Å². The van der Waals surface area contributed by atoms with Crippen molar-refractivity contribution in [3.8, 4) is 0 Å². The molecule has 26 heavy (non-hydrogen) atoms. The van der Waals surface area contributed by atoms with Crippen LogP contribution in [0.15, 0.2) is 0 Å². The van der Waals surface area contributed by atoms with Crippen LogP contribution in [-0.2, 0) is 19.1 Å². The van der Waals surface area contributed by atoms with Crippen LogP contribution in [-0.4, -0.2) is 24.6 Å². The van der Waals surface area contributed by atoms with E-state index in [1.807, 2.05) is 6.92 Å². The summed E-state index contributed by atoms with van der Waals surface area (Å²) in [4.78, 5) is 24.6. The van der Waals surface area contributed by atoms with Crippen LogP contribution in [0.5, 0.6) is 0 Å². The fourth-order valence-electron chi connectivity index (χ4n) is 4.12. The van der Waals surface area contributed by atoms with E-state index in [4.69, 9.17) is 9.47 Å². The lowest BCUT2D eigenvalue weighted by molar-refractivity contribution is -0.161. The summed E-state index contributed by atoms with van der Waals surface area (Å²) in [5, 5.41) is 0. The third-order valence-corrected chi connectivity index (χ3v) is 5.71. The fraction of sp³-hybridized carbons (Fsp3) is 0.909. The maximum Gasteiger partial charge on any atom is 0.309 e. The molecule has 0 N–H and O–H groups in total. The van der Waals surface area contributed by atoms with Gasteiger partial charge in [-0.25, -0.2) is 0 Å². The van der Waals surface area contributed by atoms with E-state index in [1.165, 1.54) is 6.42 Å². The lowest BCUT2D eigenvalue weighted by Crippen LogP contribution is -2.36. The molecule has 1 rings (SSSR count). The highest BCUT2D eigenvalue weighted by molar-refractivity contribution is 5.73. The van der Waals surface area contributed by atoms with Gasteiger partial charge in [0.1, 0.15) is 6.10 Å². The predicted octanol–water partition coefficient (Wildman–Crippen LogP) is 5.53. The number of hydrogen-bond acceptors (Lipinski definition) is 4. The van der Waals surface area contributed by atoms with E-state index in [1.54, 1.807) is 0 Å². The Bertz CT molecular complexity index is 418. The molecule has 0 bridgehead atoms. The summed E-state index contributed by atoms with van der Waals surface area (Å²) in [7, 11) is 0. The van der Waals surface area contributed by atoms with Crippen LogP contribution in [0.25, 0.3) is 0 Å². The van der Waals surface area contributed by atoms with Gasteiger partial charge in [-0.2, -0.15) is 0 Å². The number of unbranched alkanes of at least 4 members (excludes halogenated alkanes) is 2. The molecule has 0 saturated heterocycles. The minimum Gasteiger partial charge on any atom is -0.466 e. The van der Waals surface area contributed by atoms with Crippen LogP contribution < -0.4 is 0 Å². The van der Waals surface area contributed by atoms with Gasteiger partial charge in [-0.05, 0) is 56.8 Å².